The lowest BCUT2D eigenvalue weighted by Gasteiger charge is -2.24. The fourth-order valence-electron chi connectivity index (χ4n) is 3.06. The Bertz CT molecular complexity index is 746. The van der Waals surface area contributed by atoms with Gasteiger partial charge in [0.15, 0.2) is 0 Å². The van der Waals surface area contributed by atoms with Crippen LogP contribution < -0.4 is 0 Å². The van der Waals surface area contributed by atoms with Gasteiger partial charge in [0.1, 0.15) is 0 Å². The molecule has 1 aromatic rings. The first kappa shape index (κ1) is 20.6. The standard InChI is InChI=1S/C19H28N2O4S/c1-4-8-17-10-6-13-21(17)26(23,24)18-11-5-9-16(15-18)19(22)20(2)12-7-14-25-3/h5-6,9-11,15,17H,4,7-8,12-14H2,1-3H3. The second-order valence-corrected chi connectivity index (χ2v) is 8.35. The molecule has 0 spiro atoms. The van der Waals surface area contributed by atoms with Crippen LogP contribution in [0.4, 0.5) is 0 Å². The van der Waals surface area contributed by atoms with Crippen LogP contribution in [0.5, 0.6) is 0 Å². The first-order valence-electron chi connectivity index (χ1n) is 8.94. The summed E-state index contributed by atoms with van der Waals surface area (Å²) in [5, 5.41) is 0. The molecule has 1 aliphatic rings. The van der Waals surface area contributed by atoms with Crippen LogP contribution in [0.3, 0.4) is 0 Å². The molecule has 0 aromatic heterocycles. The van der Waals surface area contributed by atoms with E-state index in [1.54, 1.807) is 37.3 Å². The summed E-state index contributed by atoms with van der Waals surface area (Å²) >= 11 is 0. The monoisotopic (exact) mass is 380 g/mol. The van der Waals surface area contributed by atoms with Crippen LogP contribution in [-0.2, 0) is 14.8 Å². The summed E-state index contributed by atoms with van der Waals surface area (Å²) in [5.41, 5.74) is 0.380. The van der Waals surface area contributed by atoms with Gasteiger partial charge in [-0.1, -0.05) is 31.6 Å². The molecule has 1 aromatic carbocycles. The van der Waals surface area contributed by atoms with E-state index in [-0.39, 0.29) is 16.8 Å². The molecule has 1 heterocycles. The molecule has 0 aliphatic carbocycles. The zero-order valence-corrected chi connectivity index (χ0v) is 16.5. The molecule has 1 amide bonds. The van der Waals surface area contributed by atoms with E-state index in [2.05, 4.69) is 0 Å². The topological polar surface area (TPSA) is 66.9 Å². The number of benzene rings is 1. The van der Waals surface area contributed by atoms with E-state index in [0.717, 1.165) is 19.3 Å². The number of sulfonamides is 1. The Labute approximate surface area is 156 Å². The number of carbonyl (C=O) groups is 1. The van der Waals surface area contributed by atoms with Crippen molar-refractivity contribution >= 4 is 15.9 Å². The Morgan fingerprint density at radius 3 is 2.85 bits per heavy atom. The van der Waals surface area contributed by atoms with E-state index in [1.807, 2.05) is 19.1 Å². The van der Waals surface area contributed by atoms with Gasteiger partial charge in [-0.15, -0.1) is 0 Å². The Balaban J connectivity index is 2.18. The molecule has 26 heavy (non-hydrogen) atoms. The van der Waals surface area contributed by atoms with E-state index >= 15 is 0 Å². The second-order valence-electron chi connectivity index (χ2n) is 6.46. The zero-order chi connectivity index (χ0) is 19.2. The van der Waals surface area contributed by atoms with Gasteiger partial charge in [0.05, 0.1) is 4.90 Å². The van der Waals surface area contributed by atoms with E-state index in [0.29, 0.717) is 25.3 Å². The van der Waals surface area contributed by atoms with Gasteiger partial charge in [-0.25, -0.2) is 8.42 Å². The molecule has 1 atom stereocenters. The fraction of sp³-hybridized carbons (Fsp3) is 0.526. The van der Waals surface area contributed by atoms with E-state index in [4.69, 9.17) is 4.74 Å². The number of ether oxygens (including phenoxy) is 1. The largest absolute Gasteiger partial charge is 0.385 e. The molecule has 7 heteroatoms. The maximum atomic E-state index is 13.0. The van der Waals surface area contributed by atoms with Crippen LogP contribution in [0.2, 0.25) is 0 Å². The highest BCUT2D eigenvalue weighted by Gasteiger charge is 2.32. The number of carbonyl (C=O) groups excluding carboxylic acids is 1. The molecule has 0 N–H and O–H groups in total. The minimum atomic E-state index is -3.63. The maximum Gasteiger partial charge on any atom is 0.253 e. The third kappa shape index (κ3) is 4.72. The minimum Gasteiger partial charge on any atom is -0.385 e. The smallest absolute Gasteiger partial charge is 0.253 e. The average molecular weight is 381 g/mol. The number of methoxy groups -OCH3 is 1. The highest BCUT2D eigenvalue weighted by atomic mass is 32.2. The van der Waals surface area contributed by atoms with Crippen molar-refractivity contribution in [2.75, 3.05) is 33.9 Å². The molecule has 0 saturated carbocycles. The van der Waals surface area contributed by atoms with E-state index in [9.17, 15) is 13.2 Å². The average Bonchev–Trinajstić information content (AvgIpc) is 3.11. The first-order chi connectivity index (χ1) is 12.4. The van der Waals surface area contributed by atoms with Gasteiger partial charge in [-0.2, -0.15) is 4.31 Å². The van der Waals surface area contributed by atoms with E-state index < -0.39 is 10.0 Å². The summed E-state index contributed by atoms with van der Waals surface area (Å²) < 4.78 is 32.5. The summed E-state index contributed by atoms with van der Waals surface area (Å²) in [5.74, 6) is -0.192. The molecule has 2 rings (SSSR count). The predicted octanol–water partition coefficient (Wildman–Crippen LogP) is 2.52. The number of rotatable bonds is 9. The summed E-state index contributed by atoms with van der Waals surface area (Å²) in [4.78, 5) is 14.3. The Morgan fingerprint density at radius 1 is 1.38 bits per heavy atom. The molecule has 0 fully saturated rings. The highest BCUT2D eigenvalue weighted by Crippen LogP contribution is 2.25. The number of nitrogens with zero attached hydrogens (tertiary/aromatic N) is 2. The first-order valence-corrected chi connectivity index (χ1v) is 10.4. The van der Waals surface area contributed by atoms with Crippen LogP contribution in [0, 0.1) is 0 Å². The van der Waals surface area contributed by atoms with Crippen molar-refractivity contribution in [2.45, 2.75) is 37.1 Å². The van der Waals surface area contributed by atoms with Crippen molar-refractivity contribution in [3.8, 4) is 0 Å². The summed E-state index contributed by atoms with van der Waals surface area (Å²) in [6.07, 6.45) is 6.26. The highest BCUT2D eigenvalue weighted by molar-refractivity contribution is 7.89. The summed E-state index contributed by atoms with van der Waals surface area (Å²) in [7, 11) is -0.303. The molecular formula is C19H28N2O4S. The molecule has 1 aliphatic heterocycles. The third-order valence-corrected chi connectivity index (χ3v) is 6.36. The van der Waals surface area contributed by atoms with Crippen molar-refractivity contribution in [1.29, 1.82) is 0 Å². The normalized spacial score (nSPS) is 17.6. The SMILES string of the molecule is CCCC1C=CCN1S(=O)(=O)c1cccc(C(=O)N(C)CCCOC)c1. The summed E-state index contributed by atoms with van der Waals surface area (Å²) in [6.45, 7) is 3.54. The van der Waals surface area contributed by atoms with Crippen molar-refractivity contribution < 1.29 is 17.9 Å². The van der Waals surface area contributed by atoms with Gasteiger partial charge < -0.3 is 9.64 Å². The maximum absolute atomic E-state index is 13.0. The van der Waals surface area contributed by atoms with Crippen molar-refractivity contribution in [3.63, 3.8) is 0 Å². The van der Waals surface area contributed by atoms with Gasteiger partial charge in [0.25, 0.3) is 5.91 Å². The summed E-state index contributed by atoms with van der Waals surface area (Å²) in [6, 6.07) is 6.20. The van der Waals surface area contributed by atoms with Gasteiger partial charge in [0.2, 0.25) is 10.0 Å². The van der Waals surface area contributed by atoms with Crippen LogP contribution in [0.1, 0.15) is 36.5 Å². The van der Waals surface area contributed by atoms with Crippen molar-refractivity contribution in [3.05, 3.63) is 42.0 Å². The molecule has 0 bridgehead atoms. The lowest BCUT2D eigenvalue weighted by atomic mass is 10.2. The Morgan fingerprint density at radius 2 is 2.15 bits per heavy atom. The van der Waals surface area contributed by atoms with Gasteiger partial charge in [0, 0.05) is 45.5 Å². The van der Waals surface area contributed by atoms with Crippen LogP contribution in [-0.4, -0.2) is 63.4 Å². The fourth-order valence-corrected chi connectivity index (χ4v) is 4.67. The number of hydrogen-bond acceptors (Lipinski definition) is 4. The molecule has 6 nitrogen and oxygen atoms in total. The number of hydrogen-bond donors (Lipinski definition) is 0. The molecular weight excluding hydrogens is 352 g/mol. The van der Waals surface area contributed by atoms with Crippen LogP contribution >= 0.6 is 0 Å². The Kier molecular flexibility index (Phi) is 7.37. The van der Waals surface area contributed by atoms with Gasteiger partial charge in [-0.3, -0.25) is 4.79 Å². The minimum absolute atomic E-state index is 0.110. The lowest BCUT2D eigenvalue weighted by Crippen LogP contribution is -2.36. The molecule has 1 unspecified atom stereocenters. The number of amides is 1. The lowest BCUT2D eigenvalue weighted by molar-refractivity contribution is 0.0779. The molecule has 0 radical (unpaired) electrons. The quantitative estimate of drug-likeness (QED) is 0.488. The van der Waals surface area contributed by atoms with E-state index in [1.165, 1.54) is 10.4 Å². The van der Waals surface area contributed by atoms with Crippen molar-refractivity contribution in [1.82, 2.24) is 9.21 Å². The zero-order valence-electron chi connectivity index (χ0n) is 15.7. The van der Waals surface area contributed by atoms with Crippen molar-refractivity contribution in [2.24, 2.45) is 0 Å². The molecule has 144 valence electrons. The molecule has 0 saturated heterocycles. The third-order valence-electron chi connectivity index (χ3n) is 4.47. The van der Waals surface area contributed by atoms with Gasteiger partial charge in [-0.05, 0) is 31.0 Å². The Hall–Kier alpha value is -1.70. The second kappa shape index (κ2) is 9.30. The van der Waals surface area contributed by atoms with Crippen LogP contribution in [0.25, 0.3) is 0 Å². The predicted molar refractivity (Wildman–Crippen MR) is 102 cm³/mol. The van der Waals surface area contributed by atoms with Gasteiger partial charge >= 0.3 is 0 Å². The van der Waals surface area contributed by atoms with Crippen LogP contribution in [0.15, 0.2) is 41.3 Å².